The minimum Gasteiger partial charge on any atom is -0.325 e. The Balaban J connectivity index is 2.38. The van der Waals surface area contributed by atoms with Crippen LogP contribution in [0.3, 0.4) is 0 Å². The molecule has 2 aromatic rings. The maximum Gasteiger partial charge on any atom is 0.233 e. The van der Waals surface area contributed by atoms with Crippen molar-refractivity contribution in [2.24, 2.45) is 0 Å². The van der Waals surface area contributed by atoms with Crippen molar-refractivity contribution in [3.63, 3.8) is 0 Å². The van der Waals surface area contributed by atoms with E-state index in [1.54, 1.807) is 26.0 Å². The van der Waals surface area contributed by atoms with Crippen molar-refractivity contribution in [3.8, 4) is 11.1 Å². The molecule has 0 aromatic carbocycles. The number of pyridine rings is 1. The van der Waals surface area contributed by atoms with Gasteiger partial charge >= 0.3 is 0 Å². The van der Waals surface area contributed by atoms with Gasteiger partial charge in [0.25, 0.3) is 0 Å². The van der Waals surface area contributed by atoms with Gasteiger partial charge in [-0.1, -0.05) is 0 Å². The second kappa shape index (κ2) is 4.08. The summed E-state index contributed by atoms with van der Waals surface area (Å²) < 4.78 is 14.1. The molecule has 0 saturated heterocycles. The van der Waals surface area contributed by atoms with Crippen LogP contribution in [0.15, 0.2) is 18.3 Å². The first-order valence-corrected chi connectivity index (χ1v) is 5.88. The number of hydrogen-bond acceptors (Lipinski definition) is 4. The topological polar surface area (TPSA) is 67.8 Å². The predicted octanol–water partition coefficient (Wildman–Crippen LogP) is 2.04. The van der Waals surface area contributed by atoms with Gasteiger partial charge in [0.05, 0.1) is 29.1 Å². The van der Waals surface area contributed by atoms with Crippen LogP contribution in [-0.2, 0) is 4.79 Å². The van der Waals surface area contributed by atoms with E-state index in [0.29, 0.717) is 22.6 Å². The van der Waals surface area contributed by atoms with Crippen molar-refractivity contribution in [3.05, 3.63) is 35.7 Å². The molecule has 0 aliphatic carbocycles. The fourth-order valence-electron chi connectivity index (χ4n) is 2.23. The molecule has 1 aliphatic rings. The van der Waals surface area contributed by atoms with Crippen LogP contribution in [0, 0.1) is 12.9 Å². The number of rotatable bonds is 0. The van der Waals surface area contributed by atoms with Gasteiger partial charge < -0.3 is 5.32 Å². The monoisotopic (exact) mass is 258 g/mol. The van der Waals surface area contributed by atoms with E-state index in [4.69, 9.17) is 0 Å². The summed E-state index contributed by atoms with van der Waals surface area (Å²) in [5, 5.41) is 10.5. The number of hydrogen-bond donors (Lipinski definition) is 1. The van der Waals surface area contributed by atoms with Crippen LogP contribution in [0.25, 0.3) is 11.1 Å². The number of nitrogens with zero attached hydrogens (tertiary/aromatic N) is 3. The molecule has 1 unspecified atom stereocenters. The van der Waals surface area contributed by atoms with Crippen molar-refractivity contribution in [2.75, 3.05) is 5.32 Å². The molecule has 1 atom stereocenters. The quantitative estimate of drug-likeness (QED) is 0.734. The largest absolute Gasteiger partial charge is 0.325 e. The number of aromatic nitrogens is 3. The van der Waals surface area contributed by atoms with Crippen molar-refractivity contribution < 1.29 is 9.18 Å². The summed E-state index contributed by atoms with van der Waals surface area (Å²) in [6, 6.07) is 3.30. The van der Waals surface area contributed by atoms with E-state index >= 15 is 0 Å². The third-order valence-corrected chi connectivity index (χ3v) is 3.18. The Labute approximate surface area is 108 Å². The maximum atomic E-state index is 14.1. The Kier molecular flexibility index (Phi) is 2.51. The lowest BCUT2D eigenvalue weighted by molar-refractivity contribution is -0.117. The maximum absolute atomic E-state index is 14.1. The van der Waals surface area contributed by atoms with Crippen LogP contribution >= 0.6 is 0 Å². The molecular weight excluding hydrogens is 247 g/mol. The van der Waals surface area contributed by atoms with Gasteiger partial charge in [-0.25, -0.2) is 4.98 Å². The van der Waals surface area contributed by atoms with E-state index in [9.17, 15) is 9.18 Å². The molecule has 0 bridgehead atoms. The normalized spacial score (nSPS) is 17.2. The van der Waals surface area contributed by atoms with Crippen molar-refractivity contribution >= 4 is 11.6 Å². The smallest absolute Gasteiger partial charge is 0.233 e. The van der Waals surface area contributed by atoms with Gasteiger partial charge in [0, 0.05) is 11.3 Å². The Bertz CT molecular complexity index is 686. The first-order valence-electron chi connectivity index (χ1n) is 5.88. The Morgan fingerprint density at radius 3 is 3.00 bits per heavy atom. The Morgan fingerprint density at radius 2 is 2.21 bits per heavy atom. The predicted molar refractivity (Wildman–Crippen MR) is 67.0 cm³/mol. The van der Waals surface area contributed by atoms with Crippen molar-refractivity contribution in [1.29, 1.82) is 0 Å². The van der Waals surface area contributed by atoms with Crippen LogP contribution in [0.4, 0.5) is 10.1 Å². The Morgan fingerprint density at radius 1 is 1.42 bits per heavy atom. The summed E-state index contributed by atoms with van der Waals surface area (Å²) in [6.45, 7) is 3.39. The highest BCUT2D eigenvalue weighted by Crippen LogP contribution is 2.37. The van der Waals surface area contributed by atoms with Crippen molar-refractivity contribution in [2.45, 2.75) is 19.8 Å². The molecule has 0 radical (unpaired) electrons. The zero-order chi connectivity index (χ0) is 13.6. The number of nitrogens with one attached hydrogen (secondary N) is 1. The van der Waals surface area contributed by atoms with E-state index in [0.717, 1.165) is 0 Å². The second-order valence-corrected chi connectivity index (χ2v) is 4.52. The molecule has 0 spiro atoms. The lowest BCUT2D eigenvalue weighted by atomic mass is 9.99. The van der Waals surface area contributed by atoms with Crippen LogP contribution < -0.4 is 5.32 Å². The van der Waals surface area contributed by atoms with E-state index in [1.807, 2.05) is 0 Å². The van der Waals surface area contributed by atoms with E-state index in [2.05, 4.69) is 20.5 Å². The molecule has 0 saturated carbocycles. The zero-order valence-corrected chi connectivity index (χ0v) is 10.4. The molecule has 19 heavy (non-hydrogen) atoms. The minimum atomic E-state index is -0.612. The van der Waals surface area contributed by atoms with Gasteiger partial charge in [-0.15, -0.1) is 0 Å². The summed E-state index contributed by atoms with van der Waals surface area (Å²) in [7, 11) is 0. The summed E-state index contributed by atoms with van der Waals surface area (Å²) in [5.41, 5.74) is 2.22. The number of fused-ring (bicyclic) bond motifs is 3. The third-order valence-electron chi connectivity index (χ3n) is 3.18. The highest BCUT2D eigenvalue weighted by atomic mass is 19.1. The molecule has 1 aliphatic heterocycles. The van der Waals surface area contributed by atoms with E-state index < -0.39 is 11.9 Å². The molecule has 6 heteroatoms. The SMILES string of the molecule is Cc1cc2c(c(F)n1)-c1ccnnc1C(C)C(=O)N2. The van der Waals surface area contributed by atoms with Gasteiger partial charge in [-0.3, -0.25) is 4.79 Å². The lowest BCUT2D eigenvalue weighted by Gasteiger charge is -2.09. The van der Waals surface area contributed by atoms with Gasteiger partial charge in [-0.2, -0.15) is 14.6 Å². The van der Waals surface area contributed by atoms with Crippen LogP contribution in [0.1, 0.15) is 24.2 Å². The van der Waals surface area contributed by atoms with Gasteiger partial charge in [0.15, 0.2) is 0 Å². The van der Waals surface area contributed by atoms with E-state index in [-0.39, 0.29) is 11.5 Å². The fourth-order valence-corrected chi connectivity index (χ4v) is 2.23. The van der Waals surface area contributed by atoms with Gasteiger partial charge in [-0.05, 0) is 26.0 Å². The molecule has 96 valence electrons. The molecule has 1 N–H and O–H groups in total. The number of carbonyl (C=O) groups excluding carboxylic acids is 1. The molecule has 3 rings (SSSR count). The molecule has 2 aromatic heterocycles. The highest BCUT2D eigenvalue weighted by Gasteiger charge is 2.29. The van der Waals surface area contributed by atoms with E-state index in [1.165, 1.54) is 6.20 Å². The number of halogens is 1. The molecule has 0 fully saturated rings. The minimum absolute atomic E-state index is 0.231. The van der Waals surface area contributed by atoms with Crippen LogP contribution in [0.2, 0.25) is 0 Å². The molecule has 3 heterocycles. The van der Waals surface area contributed by atoms with Crippen LogP contribution in [0.5, 0.6) is 0 Å². The third kappa shape index (κ3) is 1.76. The first-order chi connectivity index (χ1) is 9.08. The number of carbonyl (C=O) groups is 1. The first kappa shape index (κ1) is 11.7. The number of amides is 1. The average molecular weight is 258 g/mol. The van der Waals surface area contributed by atoms with Crippen LogP contribution in [-0.4, -0.2) is 21.1 Å². The van der Waals surface area contributed by atoms with Crippen molar-refractivity contribution in [1.82, 2.24) is 15.2 Å². The zero-order valence-electron chi connectivity index (χ0n) is 10.4. The summed E-state index contributed by atoms with van der Waals surface area (Å²) >= 11 is 0. The molecule has 1 amide bonds. The summed E-state index contributed by atoms with van der Waals surface area (Å²) in [6.07, 6.45) is 1.48. The average Bonchev–Trinajstić information content (AvgIpc) is 2.46. The fraction of sp³-hybridized carbons (Fsp3) is 0.231. The van der Waals surface area contributed by atoms with Gasteiger partial charge in [0.2, 0.25) is 11.9 Å². The Hall–Kier alpha value is -2.37. The summed E-state index contributed by atoms with van der Waals surface area (Å²) in [5.74, 6) is -1.33. The standard InChI is InChI=1S/C13H11FN4O/c1-6-5-9-10(12(14)16-6)8-3-4-15-18-11(8)7(2)13(19)17-9/h3-5,7H,1-2H3,(H,17,19). The van der Waals surface area contributed by atoms with Gasteiger partial charge in [0.1, 0.15) is 0 Å². The lowest BCUT2D eigenvalue weighted by Crippen LogP contribution is -2.18. The highest BCUT2D eigenvalue weighted by molar-refractivity contribution is 6.02. The number of anilines is 1. The molecular formula is C13H11FN4O. The number of aryl methyl sites for hydroxylation is 1. The molecule has 5 nitrogen and oxygen atoms in total. The second-order valence-electron chi connectivity index (χ2n) is 4.52. The summed E-state index contributed by atoms with van der Waals surface area (Å²) in [4.78, 5) is 15.9.